The largest absolute Gasteiger partial charge is 0.325 e. The van der Waals surface area contributed by atoms with Crippen molar-refractivity contribution in [2.45, 2.75) is 11.3 Å². The molecular weight excluding hydrogens is 250 g/mol. The minimum Gasteiger partial charge on any atom is -0.325 e. The van der Waals surface area contributed by atoms with Crippen molar-refractivity contribution in [1.82, 2.24) is 0 Å². The van der Waals surface area contributed by atoms with E-state index >= 15 is 0 Å². The third kappa shape index (κ3) is 2.05. The van der Waals surface area contributed by atoms with Gasteiger partial charge < -0.3 is 5.32 Å². The van der Waals surface area contributed by atoms with Crippen LogP contribution in [0.3, 0.4) is 0 Å². The summed E-state index contributed by atoms with van der Waals surface area (Å²) in [5.74, 6) is -0.271. The Balaban J connectivity index is 2.32. The highest BCUT2D eigenvalue weighted by molar-refractivity contribution is 7.91. The number of hydrogen-bond donors (Lipinski definition) is 1. The second-order valence-electron chi connectivity index (χ2n) is 3.57. The number of carbonyl (C=O) groups is 1. The molecule has 16 heavy (non-hydrogen) atoms. The fraction of sp³-hybridized carbons (Fsp3) is 0.300. The molecule has 1 heterocycles. The molecule has 6 heteroatoms. The molecule has 0 bridgehead atoms. The van der Waals surface area contributed by atoms with Crippen LogP contribution in [0.15, 0.2) is 23.1 Å². The summed E-state index contributed by atoms with van der Waals surface area (Å²) in [6, 6.07) is 4.79. The first-order valence-corrected chi connectivity index (χ1v) is 6.93. The zero-order valence-electron chi connectivity index (χ0n) is 8.36. The number of benzene rings is 1. The Morgan fingerprint density at radius 3 is 2.88 bits per heavy atom. The number of fused-ring (bicyclic) bond motifs is 1. The third-order valence-corrected chi connectivity index (χ3v) is 4.49. The Morgan fingerprint density at radius 2 is 2.19 bits per heavy atom. The van der Waals surface area contributed by atoms with Crippen molar-refractivity contribution < 1.29 is 13.2 Å². The SMILES string of the molecule is O=C(CCl)Nc1ccc2c(c1)CCS2(=O)=O. The number of aryl methyl sites for hydroxylation is 1. The van der Waals surface area contributed by atoms with Crippen molar-refractivity contribution >= 4 is 33.0 Å². The van der Waals surface area contributed by atoms with E-state index < -0.39 is 9.84 Å². The first-order valence-electron chi connectivity index (χ1n) is 4.74. The molecule has 1 aromatic rings. The number of amides is 1. The van der Waals surface area contributed by atoms with Crippen molar-refractivity contribution in [3.8, 4) is 0 Å². The molecule has 1 aliphatic rings. The second kappa shape index (κ2) is 4.07. The Kier molecular flexibility index (Phi) is 2.90. The van der Waals surface area contributed by atoms with Gasteiger partial charge in [-0.1, -0.05) is 0 Å². The van der Waals surface area contributed by atoms with Gasteiger partial charge in [-0.2, -0.15) is 0 Å². The lowest BCUT2D eigenvalue weighted by Crippen LogP contribution is -2.12. The van der Waals surface area contributed by atoms with E-state index in [9.17, 15) is 13.2 Å². The molecule has 0 saturated carbocycles. The summed E-state index contributed by atoms with van der Waals surface area (Å²) in [6.45, 7) is 0. The van der Waals surface area contributed by atoms with Crippen LogP contribution in [0.25, 0.3) is 0 Å². The van der Waals surface area contributed by atoms with Gasteiger partial charge in [-0.25, -0.2) is 8.42 Å². The third-order valence-electron chi connectivity index (χ3n) is 2.44. The Labute approximate surface area is 98.5 Å². The Hall–Kier alpha value is -1.07. The fourth-order valence-corrected chi connectivity index (χ4v) is 3.32. The minimum atomic E-state index is -3.10. The van der Waals surface area contributed by atoms with Crippen molar-refractivity contribution in [1.29, 1.82) is 0 Å². The van der Waals surface area contributed by atoms with Crippen LogP contribution < -0.4 is 5.32 Å². The van der Waals surface area contributed by atoms with Gasteiger partial charge in [0.1, 0.15) is 5.88 Å². The quantitative estimate of drug-likeness (QED) is 0.812. The van der Waals surface area contributed by atoms with Crippen LogP contribution in [-0.2, 0) is 21.1 Å². The van der Waals surface area contributed by atoms with Crippen LogP contribution in [0.1, 0.15) is 5.56 Å². The molecule has 86 valence electrons. The molecule has 0 aliphatic carbocycles. The summed E-state index contributed by atoms with van der Waals surface area (Å²) < 4.78 is 23.1. The molecule has 0 spiro atoms. The van der Waals surface area contributed by atoms with E-state index in [-0.39, 0.29) is 17.5 Å². The average molecular weight is 260 g/mol. The molecule has 1 aliphatic heterocycles. The minimum absolute atomic E-state index is 0.116. The lowest BCUT2D eigenvalue weighted by Gasteiger charge is -2.05. The number of alkyl halides is 1. The van der Waals surface area contributed by atoms with Crippen LogP contribution in [0, 0.1) is 0 Å². The molecular formula is C10H10ClNO3S. The van der Waals surface area contributed by atoms with Crippen LogP contribution in [0.4, 0.5) is 5.69 Å². The van der Waals surface area contributed by atoms with Crippen molar-refractivity contribution in [2.75, 3.05) is 16.9 Å². The van der Waals surface area contributed by atoms with E-state index in [1.165, 1.54) is 6.07 Å². The van der Waals surface area contributed by atoms with Crippen molar-refractivity contribution in [2.24, 2.45) is 0 Å². The molecule has 0 atom stereocenters. The standard InChI is InChI=1S/C10H10ClNO3S/c11-6-10(13)12-8-1-2-9-7(5-8)3-4-16(9,14)15/h1-2,5H,3-4,6H2,(H,12,13). The first kappa shape index (κ1) is 11.4. The maximum absolute atomic E-state index is 11.5. The molecule has 0 unspecified atom stereocenters. The van der Waals surface area contributed by atoms with Crippen molar-refractivity contribution in [3.63, 3.8) is 0 Å². The van der Waals surface area contributed by atoms with Crippen LogP contribution in [0.5, 0.6) is 0 Å². The van der Waals surface area contributed by atoms with Gasteiger partial charge in [0.2, 0.25) is 5.91 Å². The number of anilines is 1. The lowest BCUT2D eigenvalue weighted by atomic mass is 10.1. The first-order chi connectivity index (χ1) is 7.53. The summed E-state index contributed by atoms with van der Waals surface area (Å²) in [6.07, 6.45) is 0.502. The topological polar surface area (TPSA) is 63.2 Å². The number of halogens is 1. The number of carbonyl (C=O) groups excluding carboxylic acids is 1. The predicted octanol–water partition coefficient (Wildman–Crippen LogP) is 1.19. The zero-order chi connectivity index (χ0) is 11.8. The summed E-state index contributed by atoms with van der Waals surface area (Å²) in [5, 5.41) is 2.58. The van der Waals surface area contributed by atoms with Gasteiger partial charge >= 0.3 is 0 Å². The van der Waals surface area contributed by atoms with Gasteiger partial charge in [0.25, 0.3) is 0 Å². The van der Waals surface area contributed by atoms with Gasteiger partial charge in [0.05, 0.1) is 10.6 Å². The molecule has 2 rings (SSSR count). The van der Waals surface area contributed by atoms with Crippen LogP contribution in [0.2, 0.25) is 0 Å². The summed E-state index contributed by atoms with van der Waals surface area (Å²) in [4.78, 5) is 11.4. The normalized spacial score (nSPS) is 16.8. The lowest BCUT2D eigenvalue weighted by molar-refractivity contribution is -0.113. The average Bonchev–Trinajstić information content (AvgIpc) is 2.54. The molecule has 1 N–H and O–H groups in total. The van der Waals surface area contributed by atoms with E-state index in [0.717, 1.165) is 5.56 Å². The van der Waals surface area contributed by atoms with Crippen molar-refractivity contribution in [3.05, 3.63) is 23.8 Å². The number of hydrogen-bond acceptors (Lipinski definition) is 3. The highest BCUT2D eigenvalue weighted by Gasteiger charge is 2.25. The van der Waals surface area contributed by atoms with E-state index in [1.807, 2.05) is 0 Å². The molecule has 4 nitrogen and oxygen atoms in total. The highest BCUT2D eigenvalue weighted by Crippen LogP contribution is 2.28. The van der Waals surface area contributed by atoms with Crippen LogP contribution >= 0.6 is 11.6 Å². The molecule has 1 amide bonds. The maximum atomic E-state index is 11.5. The molecule has 0 saturated heterocycles. The Bertz CT molecular complexity index is 539. The zero-order valence-corrected chi connectivity index (χ0v) is 9.94. The monoisotopic (exact) mass is 259 g/mol. The van der Waals surface area contributed by atoms with E-state index in [4.69, 9.17) is 11.6 Å². The van der Waals surface area contributed by atoms with Gasteiger partial charge in [-0.3, -0.25) is 4.79 Å². The molecule has 0 radical (unpaired) electrons. The molecule has 1 aromatic carbocycles. The van der Waals surface area contributed by atoms with Crippen LogP contribution in [-0.4, -0.2) is 26.0 Å². The number of sulfone groups is 1. The van der Waals surface area contributed by atoms with Gasteiger partial charge in [-0.05, 0) is 30.2 Å². The van der Waals surface area contributed by atoms with E-state index in [2.05, 4.69) is 5.32 Å². The molecule has 0 fully saturated rings. The van der Waals surface area contributed by atoms with E-state index in [1.54, 1.807) is 12.1 Å². The number of rotatable bonds is 2. The summed E-state index contributed by atoms with van der Waals surface area (Å²) in [5.41, 5.74) is 1.34. The maximum Gasteiger partial charge on any atom is 0.239 e. The summed E-state index contributed by atoms with van der Waals surface area (Å²) in [7, 11) is -3.10. The summed E-state index contributed by atoms with van der Waals surface area (Å²) >= 11 is 5.36. The van der Waals surface area contributed by atoms with E-state index in [0.29, 0.717) is 17.0 Å². The molecule has 0 aromatic heterocycles. The van der Waals surface area contributed by atoms with Gasteiger partial charge in [-0.15, -0.1) is 11.6 Å². The number of nitrogens with one attached hydrogen (secondary N) is 1. The van der Waals surface area contributed by atoms with Gasteiger partial charge in [0, 0.05) is 5.69 Å². The highest BCUT2D eigenvalue weighted by atomic mass is 35.5. The fourth-order valence-electron chi connectivity index (χ4n) is 1.70. The predicted molar refractivity (Wildman–Crippen MR) is 61.5 cm³/mol. The smallest absolute Gasteiger partial charge is 0.239 e. The van der Waals surface area contributed by atoms with Gasteiger partial charge in [0.15, 0.2) is 9.84 Å². The second-order valence-corrected chi connectivity index (χ2v) is 5.92. The Morgan fingerprint density at radius 1 is 1.44 bits per heavy atom.